The summed E-state index contributed by atoms with van der Waals surface area (Å²) in [6.07, 6.45) is 1.53. The number of hydrogen-bond acceptors (Lipinski definition) is 3. The lowest BCUT2D eigenvalue weighted by molar-refractivity contribution is 0.0783. The van der Waals surface area contributed by atoms with Gasteiger partial charge >= 0.3 is 0 Å². The smallest absolute Gasteiger partial charge is 0.178 e. The Bertz CT molecular complexity index is 326. The molecule has 1 aromatic heterocycles. The molecule has 0 spiro atoms. The first-order chi connectivity index (χ1) is 5.91. The monoisotopic (exact) mass is 179 g/mol. The minimum Gasteiger partial charge on any atom is -0.386 e. The van der Waals surface area contributed by atoms with Gasteiger partial charge in [0.15, 0.2) is 5.78 Å². The molecular weight excluding hydrogens is 166 g/mol. The zero-order valence-electron chi connectivity index (χ0n) is 8.03. The topological polar surface area (TPSA) is 50.2 Å². The highest BCUT2D eigenvalue weighted by atomic mass is 16.3. The molecule has 0 saturated carbocycles. The van der Waals surface area contributed by atoms with Gasteiger partial charge in [0.05, 0.1) is 5.60 Å². The summed E-state index contributed by atoms with van der Waals surface area (Å²) >= 11 is 0. The molecule has 1 aromatic rings. The van der Waals surface area contributed by atoms with Crippen LogP contribution >= 0.6 is 0 Å². The molecule has 3 heteroatoms. The third-order valence-corrected chi connectivity index (χ3v) is 1.83. The van der Waals surface area contributed by atoms with E-state index < -0.39 is 5.60 Å². The number of aliphatic hydroxyl groups is 1. The molecule has 0 aliphatic carbocycles. The maximum absolute atomic E-state index is 11.0. The van der Waals surface area contributed by atoms with Gasteiger partial charge in [-0.05, 0) is 31.5 Å². The van der Waals surface area contributed by atoms with Crippen LogP contribution in [-0.4, -0.2) is 15.9 Å². The molecule has 0 radical (unpaired) electrons. The van der Waals surface area contributed by atoms with E-state index in [1.807, 2.05) is 0 Å². The number of nitrogens with zero attached hydrogens (tertiary/aromatic N) is 1. The summed E-state index contributed by atoms with van der Waals surface area (Å²) in [6.45, 7) is 4.80. The second-order valence-electron chi connectivity index (χ2n) is 3.54. The Morgan fingerprint density at radius 3 is 2.62 bits per heavy atom. The van der Waals surface area contributed by atoms with Gasteiger partial charge in [0.1, 0.15) is 5.69 Å². The summed E-state index contributed by atoms with van der Waals surface area (Å²) < 4.78 is 0. The number of Topliss-reactive ketones (excluding diaryl/α,β-unsaturated/α-hetero) is 1. The lowest BCUT2D eigenvalue weighted by atomic mass is 9.98. The Kier molecular flexibility index (Phi) is 2.48. The summed E-state index contributed by atoms with van der Waals surface area (Å²) in [5, 5.41) is 9.66. The Hall–Kier alpha value is -1.22. The van der Waals surface area contributed by atoms with E-state index in [0.717, 1.165) is 0 Å². The van der Waals surface area contributed by atoms with Gasteiger partial charge < -0.3 is 5.11 Å². The van der Waals surface area contributed by atoms with Crippen LogP contribution in [0.5, 0.6) is 0 Å². The molecule has 0 aromatic carbocycles. The average Bonchev–Trinajstić information content (AvgIpc) is 2.03. The van der Waals surface area contributed by atoms with Gasteiger partial charge in [0.2, 0.25) is 0 Å². The first-order valence-corrected chi connectivity index (χ1v) is 4.11. The van der Waals surface area contributed by atoms with E-state index in [4.69, 9.17) is 0 Å². The Balaban J connectivity index is 3.13. The molecule has 13 heavy (non-hydrogen) atoms. The van der Waals surface area contributed by atoms with Crippen molar-refractivity contribution in [1.82, 2.24) is 4.98 Å². The molecule has 1 rings (SSSR count). The molecule has 70 valence electrons. The third kappa shape index (κ3) is 2.36. The molecule has 1 N–H and O–H groups in total. The number of rotatable bonds is 2. The number of ketones is 1. The summed E-state index contributed by atoms with van der Waals surface area (Å²) in [4.78, 5) is 14.9. The molecule has 0 bridgehead atoms. The Morgan fingerprint density at radius 1 is 1.54 bits per heavy atom. The van der Waals surface area contributed by atoms with Crippen LogP contribution in [-0.2, 0) is 5.60 Å². The molecule has 0 atom stereocenters. The van der Waals surface area contributed by atoms with Crippen molar-refractivity contribution >= 4 is 5.78 Å². The number of aromatic nitrogens is 1. The molecular formula is C10H13NO2. The normalized spacial score (nSPS) is 11.4. The minimum absolute atomic E-state index is 0.0916. The lowest BCUT2D eigenvalue weighted by Crippen LogP contribution is -2.16. The van der Waals surface area contributed by atoms with E-state index in [9.17, 15) is 9.90 Å². The molecule has 0 aliphatic heterocycles. The zero-order valence-corrected chi connectivity index (χ0v) is 8.03. The van der Waals surface area contributed by atoms with Gasteiger partial charge in [0.25, 0.3) is 0 Å². The van der Waals surface area contributed by atoms with E-state index in [0.29, 0.717) is 11.3 Å². The highest BCUT2D eigenvalue weighted by Crippen LogP contribution is 2.19. The van der Waals surface area contributed by atoms with Crippen LogP contribution in [0.25, 0.3) is 0 Å². The van der Waals surface area contributed by atoms with Crippen molar-refractivity contribution in [2.75, 3.05) is 0 Å². The predicted octanol–water partition coefficient (Wildman–Crippen LogP) is 1.51. The first kappa shape index (κ1) is 9.86. The summed E-state index contributed by atoms with van der Waals surface area (Å²) in [5.41, 5.74) is 0.167. The Labute approximate surface area is 77.4 Å². The second kappa shape index (κ2) is 3.26. The fraction of sp³-hybridized carbons (Fsp3) is 0.400. The lowest BCUT2D eigenvalue weighted by Gasteiger charge is -2.17. The van der Waals surface area contributed by atoms with Crippen molar-refractivity contribution in [1.29, 1.82) is 0 Å². The van der Waals surface area contributed by atoms with Gasteiger partial charge in [-0.1, -0.05) is 0 Å². The van der Waals surface area contributed by atoms with Gasteiger partial charge in [-0.15, -0.1) is 0 Å². The molecule has 0 aliphatic rings. The highest BCUT2D eigenvalue weighted by Gasteiger charge is 2.16. The van der Waals surface area contributed by atoms with Gasteiger partial charge in [0, 0.05) is 13.1 Å². The predicted molar refractivity (Wildman–Crippen MR) is 49.5 cm³/mol. The van der Waals surface area contributed by atoms with E-state index in [1.165, 1.54) is 13.1 Å². The van der Waals surface area contributed by atoms with Crippen molar-refractivity contribution in [3.63, 3.8) is 0 Å². The van der Waals surface area contributed by atoms with Gasteiger partial charge in [-0.3, -0.25) is 9.78 Å². The molecule has 0 fully saturated rings. The SMILES string of the molecule is CC(=O)c1cc(C(C)(C)O)ccn1. The van der Waals surface area contributed by atoms with Crippen molar-refractivity contribution in [3.8, 4) is 0 Å². The third-order valence-electron chi connectivity index (χ3n) is 1.83. The van der Waals surface area contributed by atoms with Crippen LogP contribution in [0.2, 0.25) is 0 Å². The highest BCUT2D eigenvalue weighted by molar-refractivity contribution is 5.92. The number of hydrogen-bond donors (Lipinski definition) is 1. The van der Waals surface area contributed by atoms with Crippen LogP contribution < -0.4 is 0 Å². The Morgan fingerprint density at radius 2 is 2.15 bits per heavy atom. The van der Waals surface area contributed by atoms with Crippen LogP contribution in [0, 0.1) is 0 Å². The van der Waals surface area contributed by atoms with Crippen LogP contribution in [0.3, 0.4) is 0 Å². The van der Waals surface area contributed by atoms with Crippen molar-refractivity contribution < 1.29 is 9.90 Å². The van der Waals surface area contributed by atoms with Crippen molar-refractivity contribution in [2.45, 2.75) is 26.4 Å². The maximum atomic E-state index is 11.0. The summed E-state index contributed by atoms with van der Waals surface area (Å²) in [5.74, 6) is -0.0916. The van der Waals surface area contributed by atoms with Crippen molar-refractivity contribution in [2.24, 2.45) is 0 Å². The average molecular weight is 179 g/mol. The second-order valence-corrected chi connectivity index (χ2v) is 3.54. The minimum atomic E-state index is -0.923. The number of carbonyl (C=O) groups is 1. The van der Waals surface area contributed by atoms with E-state index in [2.05, 4.69) is 4.98 Å². The fourth-order valence-electron chi connectivity index (χ4n) is 1.00. The molecule has 3 nitrogen and oxygen atoms in total. The van der Waals surface area contributed by atoms with Crippen LogP contribution in [0.15, 0.2) is 18.3 Å². The molecule has 0 saturated heterocycles. The van der Waals surface area contributed by atoms with Crippen LogP contribution in [0.1, 0.15) is 36.8 Å². The molecule has 1 heterocycles. The van der Waals surface area contributed by atoms with Gasteiger partial charge in [-0.2, -0.15) is 0 Å². The van der Waals surface area contributed by atoms with Gasteiger partial charge in [-0.25, -0.2) is 0 Å². The summed E-state index contributed by atoms with van der Waals surface area (Å²) in [6, 6.07) is 3.31. The number of carbonyl (C=O) groups excluding carboxylic acids is 1. The van der Waals surface area contributed by atoms with E-state index in [-0.39, 0.29) is 5.78 Å². The number of pyridine rings is 1. The first-order valence-electron chi connectivity index (χ1n) is 4.11. The van der Waals surface area contributed by atoms with Crippen molar-refractivity contribution in [3.05, 3.63) is 29.6 Å². The largest absolute Gasteiger partial charge is 0.386 e. The molecule has 0 unspecified atom stereocenters. The van der Waals surface area contributed by atoms with Crippen LogP contribution in [0.4, 0.5) is 0 Å². The molecule has 0 amide bonds. The maximum Gasteiger partial charge on any atom is 0.178 e. The quantitative estimate of drug-likeness (QED) is 0.700. The zero-order chi connectivity index (χ0) is 10.1. The van der Waals surface area contributed by atoms with E-state index in [1.54, 1.807) is 26.0 Å². The van der Waals surface area contributed by atoms with E-state index >= 15 is 0 Å². The summed E-state index contributed by atoms with van der Waals surface area (Å²) in [7, 11) is 0. The standard InChI is InChI=1S/C10H13NO2/c1-7(12)9-6-8(4-5-11-9)10(2,3)13/h4-6,13H,1-3H3. The fourth-order valence-corrected chi connectivity index (χ4v) is 1.00.